The molecular weight excluding hydrogens is 476 g/mol. The number of hydrogen-bond acceptors (Lipinski definition) is 5. The Kier molecular flexibility index (Phi) is 7.68. The van der Waals surface area contributed by atoms with Crippen LogP contribution in [0, 0.1) is 39.4 Å². The van der Waals surface area contributed by atoms with E-state index in [9.17, 15) is 9.59 Å². The van der Waals surface area contributed by atoms with Gasteiger partial charge in [0, 0.05) is 30.1 Å². The van der Waals surface area contributed by atoms with Crippen molar-refractivity contribution in [3.8, 4) is 0 Å². The van der Waals surface area contributed by atoms with Gasteiger partial charge in [-0.15, -0.1) is 0 Å². The zero-order chi connectivity index (χ0) is 28.4. The van der Waals surface area contributed by atoms with Crippen LogP contribution in [0.2, 0.25) is 0 Å². The molecule has 0 radical (unpaired) electrons. The summed E-state index contributed by atoms with van der Waals surface area (Å²) in [7, 11) is 0. The fourth-order valence-electron chi connectivity index (χ4n) is 10.7. The first kappa shape index (κ1) is 29.9. The van der Waals surface area contributed by atoms with Crippen molar-refractivity contribution in [1.29, 1.82) is 0 Å². The van der Waals surface area contributed by atoms with Crippen LogP contribution in [-0.2, 0) is 23.8 Å². The number of epoxide rings is 1. The van der Waals surface area contributed by atoms with E-state index in [0.717, 1.165) is 38.5 Å². The Balaban J connectivity index is 1.49. The lowest BCUT2D eigenvalue weighted by Gasteiger charge is -2.60. The van der Waals surface area contributed by atoms with Gasteiger partial charge in [-0.25, -0.2) is 0 Å². The smallest absolute Gasteiger partial charge is 0.302 e. The predicted molar refractivity (Wildman–Crippen MR) is 150 cm³/mol. The Labute approximate surface area is 232 Å². The third-order valence-electron chi connectivity index (χ3n) is 12.8. The SMILES string of the molecule is CCC(CCCC(C)[C@H]1CC[C@@]2(C)C34CC[C@@H](C(C)(C)COC(C)=O)C(C)(C)C3(CC[C@]12C)O4)OC(C)=O. The zero-order valence-electron chi connectivity index (χ0n) is 26.1. The molecule has 0 aromatic carbocycles. The van der Waals surface area contributed by atoms with Crippen LogP contribution >= 0.6 is 0 Å². The molecule has 5 nitrogen and oxygen atoms in total. The maximum atomic E-state index is 11.6. The fraction of sp³-hybridized carbons (Fsp3) is 0.939. The van der Waals surface area contributed by atoms with Crippen LogP contribution < -0.4 is 0 Å². The van der Waals surface area contributed by atoms with Gasteiger partial charge in [0.05, 0.1) is 6.61 Å². The van der Waals surface area contributed by atoms with Crippen LogP contribution in [0.25, 0.3) is 0 Å². The fourth-order valence-corrected chi connectivity index (χ4v) is 10.7. The second-order valence-corrected chi connectivity index (χ2v) is 15.3. The maximum absolute atomic E-state index is 11.6. The van der Waals surface area contributed by atoms with E-state index in [1.54, 1.807) is 0 Å². The van der Waals surface area contributed by atoms with E-state index < -0.39 is 0 Å². The summed E-state index contributed by atoms with van der Waals surface area (Å²) in [5.41, 5.74) is 0.308. The highest BCUT2D eigenvalue weighted by Gasteiger charge is 2.89. The van der Waals surface area contributed by atoms with Crippen LogP contribution in [0.5, 0.6) is 0 Å². The second-order valence-electron chi connectivity index (χ2n) is 15.3. The van der Waals surface area contributed by atoms with E-state index >= 15 is 0 Å². The summed E-state index contributed by atoms with van der Waals surface area (Å²) in [5, 5.41) is 0. The van der Waals surface area contributed by atoms with E-state index in [1.807, 2.05) is 0 Å². The van der Waals surface area contributed by atoms with Crippen molar-refractivity contribution >= 4 is 11.9 Å². The Hall–Kier alpha value is -1.10. The third-order valence-corrected chi connectivity index (χ3v) is 12.8. The van der Waals surface area contributed by atoms with Gasteiger partial charge in [-0.05, 0) is 81.0 Å². The number of rotatable bonds is 10. The van der Waals surface area contributed by atoms with Gasteiger partial charge in [0.1, 0.15) is 17.3 Å². The van der Waals surface area contributed by atoms with Crippen molar-refractivity contribution in [1.82, 2.24) is 0 Å². The summed E-state index contributed by atoms with van der Waals surface area (Å²) in [6.07, 6.45) is 11.4. The van der Waals surface area contributed by atoms with Crippen molar-refractivity contribution in [3.05, 3.63) is 0 Å². The molecule has 0 amide bonds. The normalized spacial score (nSPS) is 40.8. The van der Waals surface area contributed by atoms with Crippen LogP contribution in [-0.4, -0.2) is 35.9 Å². The number of carbonyl (C=O) groups excluding carboxylic acids is 2. The quantitative estimate of drug-likeness (QED) is 0.211. The highest BCUT2D eigenvalue weighted by atomic mass is 16.6. The lowest BCUT2D eigenvalue weighted by Crippen LogP contribution is -2.63. The predicted octanol–water partition coefficient (Wildman–Crippen LogP) is 7.88. The maximum Gasteiger partial charge on any atom is 0.302 e. The number of fused-ring (bicyclic) bond motifs is 1. The molecule has 0 aromatic rings. The monoisotopic (exact) mass is 532 g/mol. The zero-order valence-corrected chi connectivity index (χ0v) is 26.1. The molecule has 4 aliphatic rings. The molecule has 3 aliphatic carbocycles. The van der Waals surface area contributed by atoms with Crippen molar-refractivity contribution < 1.29 is 23.8 Å². The van der Waals surface area contributed by atoms with Crippen molar-refractivity contribution in [2.24, 2.45) is 39.4 Å². The van der Waals surface area contributed by atoms with Gasteiger partial charge in [0.25, 0.3) is 0 Å². The molecule has 38 heavy (non-hydrogen) atoms. The molecule has 4 fully saturated rings. The molecule has 8 atom stereocenters. The van der Waals surface area contributed by atoms with Gasteiger partial charge in [-0.3, -0.25) is 9.59 Å². The highest BCUT2D eigenvalue weighted by molar-refractivity contribution is 5.66. The highest BCUT2D eigenvalue weighted by Crippen LogP contribution is 2.84. The summed E-state index contributed by atoms with van der Waals surface area (Å²) >= 11 is 0. The third kappa shape index (κ3) is 4.18. The number of carbonyl (C=O) groups is 2. The summed E-state index contributed by atoms with van der Waals surface area (Å²) in [6, 6.07) is 0. The summed E-state index contributed by atoms with van der Waals surface area (Å²) in [5.74, 6) is 1.46. The standard InChI is InChI=1S/C33H56O5/c1-11-25(37-24(4)35)14-12-13-22(2)26-15-17-31(10)30(26,9)19-20-32-29(7,8)27(16-18-33(31,32)38-32)28(5,6)21-36-23(3)34/h22,25-27H,11-21H2,1-10H3/t22?,25?,26-,27+,30-,31-,32?,33?/m1/s1. The summed E-state index contributed by atoms with van der Waals surface area (Å²) in [4.78, 5) is 23.0. The van der Waals surface area contributed by atoms with Gasteiger partial charge >= 0.3 is 11.9 Å². The summed E-state index contributed by atoms with van der Waals surface area (Å²) in [6.45, 7) is 22.7. The lowest BCUT2D eigenvalue weighted by molar-refractivity contribution is -0.150. The Bertz CT molecular complexity index is 924. The van der Waals surface area contributed by atoms with Gasteiger partial charge < -0.3 is 14.2 Å². The lowest BCUT2D eigenvalue weighted by atomic mass is 9.40. The van der Waals surface area contributed by atoms with E-state index in [2.05, 4.69) is 55.4 Å². The largest absolute Gasteiger partial charge is 0.465 e. The molecular formula is C33H56O5. The van der Waals surface area contributed by atoms with E-state index in [1.165, 1.54) is 39.5 Å². The molecule has 4 rings (SSSR count). The van der Waals surface area contributed by atoms with Gasteiger partial charge in [0.15, 0.2) is 0 Å². The number of hydrogen-bond donors (Lipinski definition) is 0. The van der Waals surface area contributed by atoms with E-state index in [4.69, 9.17) is 14.2 Å². The Morgan fingerprint density at radius 1 is 0.947 bits per heavy atom. The molecule has 0 spiro atoms. The minimum absolute atomic E-state index is 0.0226. The van der Waals surface area contributed by atoms with Crippen LogP contribution in [0.4, 0.5) is 0 Å². The first-order chi connectivity index (χ1) is 17.5. The average molecular weight is 533 g/mol. The van der Waals surface area contributed by atoms with Crippen molar-refractivity contribution in [2.45, 2.75) is 151 Å². The molecule has 1 aliphatic heterocycles. The number of ether oxygens (including phenoxy) is 3. The molecule has 0 N–H and O–H groups in total. The molecule has 3 saturated carbocycles. The molecule has 0 aromatic heterocycles. The van der Waals surface area contributed by atoms with Crippen molar-refractivity contribution in [3.63, 3.8) is 0 Å². The number of esters is 2. The molecule has 0 bridgehead atoms. The first-order valence-electron chi connectivity index (χ1n) is 15.5. The van der Waals surface area contributed by atoms with Gasteiger partial charge in [-0.1, -0.05) is 61.8 Å². The molecule has 4 unspecified atom stereocenters. The Morgan fingerprint density at radius 3 is 2.24 bits per heavy atom. The minimum Gasteiger partial charge on any atom is -0.465 e. The molecule has 218 valence electrons. The second kappa shape index (κ2) is 9.77. The topological polar surface area (TPSA) is 65.1 Å². The first-order valence-corrected chi connectivity index (χ1v) is 15.5. The van der Waals surface area contributed by atoms with Crippen LogP contribution in [0.15, 0.2) is 0 Å². The van der Waals surface area contributed by atoms with Crippen LogP contribution in [0.3, 0.4) is 0 Å². The van der Waals surface area contributed by atoms with E-state index in [-0.39, 0.29) is 50.9 Å². The van der Waals surface area contributed by atoms with Gasteiger partial charge in [0.2, 0.25) is 0 Å². The summed E-state index contributed by atoms with van der Waals surface area (Å²) < 4.78 is 18.3. The minimum atomic E-state index is -0.189. The average Bonchev–Trinajstić information content (AvgIpc) is 3.45. The molecule has 5 heteroatoms. The molecule has 1 saturated heterocycles. The molecule has 1 heterocycles. The Morgan fingerprint density at radius 2 is 1.63 bits per heavy atom. The van der Waals surface area contributed by atoms with Crippen LogP contribution in [0.1, 0.15) is 133 Å². The van der Waals surface area contributed by atoms with Gasteiger partial charge in [-0.2, -0.15) is 0 Å². The van der Waals surface area contributed by atoms with Crippen molar-refractivity contribution in [2.75, 3.05) is 6.61 Å². The van der Waals surface area contributed by atoms with E-state index in [0.29, 0.717) is 24.4 Å².